The van der Waals surface area contributed by atoms with E-state index < -0.39 is 6.51 Å². The van der Waals surface area contributed by atoms with E-state index in [9.17, 15) is 5.11 Å². The van der Waals surface area contributed by atoms with E-state index in [-0.39, 0.29) is 6.10 Å². The molecular weight excluding hydrogens is 216 g/mol. The van der Waals surface area contributed by atoms with Gasteiger partial charge in [0.25, 0.3) is 0 Å². The van der Waals surface area contributed by atoms with Gasteiger partial charge in [0.1, 0.15) is 0 Å². The van der Waals surface area contributed by atoms with Crippen LogP contribution in [0.2, 0.25) is 47.7 Å². The minimum atomic E-state index is -2.84. The molecule has 0 aliphatic carbocycles. The maximum atomic E-state index is 10.4. The summed E-state index contributed by atoms with van der Waals surface area (Å²) in [7, 11) is 0. The van der Waals surface area contributed by atoms with Gasteiger partial charge in [0.15, 0.2) is 0 Å². The van der Waals surface area contributed by atoms with Gasteiger partial charge < -0.3 is 0 Å². The fourth-order valence-corrected chi connectivity index (χ4v) is 93.0. The van der Waals surface area contributed by atoms with Crippen molar-refractivity contribution in [1.29, 1.82) is 0 Å². The van der Waals surface area contributed by atoms with Crippen LogP contribution in [-0.4, -0.2) is 11.2 Å². The summed E-state index contributed by atoms with van der Waals surface area (Å²) in [5.41, 5.74) is 0. The van der Waals surface area contributed by atoms with Gasteiger partial charge in [-0.3, -0.25) is 0 Å². The average Bonchev–Trinajstić information content (AvgIpc) is 3.13. The van der Waals surface area contributed by atoms with Crippen LogP contribution in [0.1, 0.15) is 6.92 Å². The van der Waals surface area contributed by atoms with E-state index in [1.165, 1.54) is 43.3 Å². The van der Waals surface area contributed by atoms with Gasteiger partial charge in [-0.05, 0) is 0 Å². The Morgan fingerprint density at radius 3 is 1.43 bits per heavy atom. The zero-order valence-corrected chi connectivity index (χ0v) is 9.18. The third kappa shape index (κ3) is 0.0341. The Balaban J connectivity index is 1.94. The predicted molar refractivity (Wildman–Crippen MR) is 48.1 cm³/mol. The van der Waals surface area contributed by atoms with Gasteiger partial charge in [0, 0.05) is 0 Å². The van der Waals surface area contributed by atoms with E-state index in [0.29, 0.717) is 0 Å². The molecule has 76 valence electrons. The van der Waals surface area contributed by atoms with E-state index >= 15 is 0 Å². The summed E-state index contributed by atoms with van der Waals surface area (Å²) in [4.78, 5) is 12.3. The van der Waals surface area contributed by atoms with Gasteiger partial charge in [-0.15, -0.1) is 0 Å². The average molecular weight is 230 g/mol. The van der Waals surface area contributed by atoms with Crippen molar-refractivity contribution in [2.75, 3.05) is 0 Å². The normalized spacial score (nSPS) is 145. The first kappa shape index (κ1) is 4.77. The molecule has 0 aromatic heterocycles. The van der Waals surface area contributed by atoms with Gasteiger partial charge in [-0.1, -0.05) is 0 Å². The Labute approximate surface area is 72.5 Å². The van der Waals surface area contributed by atoms with Crippen molar-refractivity contribution in [2.45, 2.75) is 60.7 Å². The van der Waals surface area contributed by atoms with E-state index in [4.69, 9.17) is 0 Å². The van der Waals surface area contributed by atoms with Gasteiger partial charge in [0.05, 0.1) is 0 Å². The summed E-state index contributed by atoms with van der Waals surface area (Å²) in [6, 6.07) is 0. The van der Waals surface area contributed by atoms with Crippen LogP contribution in [0.25, 0.3) is 0 Å². The number of hydrogen-bond donors (Lipinski definition) is 1. The molecule has 10 saturated heterocycles. The Morgan fingerprint density at radius 1 is 0.929 bits per heavy atom. The molecular formula is C12H14FeO. The number of aliphatic hydroxyl groups excluding tert-OH is 1. The standard InChI is InChI=1S/C7H9O.C5H5.Fe/c1-6(8)7-4-2-3-5-7;1-2-4-5-3-1;/h2-6,8H,1H3;1-5H;/t6-;;/m1../s1. The molecule has 10 rings (SSSR count). The molecule has 0 bridgehead atoms. The molecule has 1 N–H and O–H groups in total. The van der Waals surface area contributed by atoms with E-state index in [1.54, 1.807) is 0 Å². The molecule has 5 atom stereocenters. The molecule has 4 unspecified atom stereocenters. The molecule has 0 aromatic carbocycles. The zero-order valence-electron chi connectivity index (χ0n) is 8.07. The number of hydrogen-bond acceptors (Lipinski definition) is 1. The van der Waals surface area contributed by atoms with Crippen molar-refractivity contribution in [1.82, 2.24) is 0 Å². The minimum absolute atomic E-state index is 0.136. The van der Waals surface area contributed by atoms with Crippen LogP contribution in [0.4, 0.5) is 0 Å². The summed E-state index contributed by atoms with van der Waals surface area (Å²) in [5, 5.41) is 10.4. The molecule has 1 nitrogen and oxygen atoms in total. The first-order valence-electron chi connectivity index (χ1n) is 6.38. The second-order valence-corrected chi connectivity index (χ2v) is 34.0. The summed E-state index contributed by atoms with van der Waals surface area (Å²) in [5.74, 6) is 0. The fourth-order valence-electron chi connectivity index (χ4n) is 17.5. The van der Waals surface area contributed by atoms with Crippen LogP contribution in [0.15, 0.2) is 0 Å². The Kier molecular flexibility index (Phi) is 0.108. The fraction of sp³-hybridized carbons (Fsp3) is 1.00. The monoisotopic (exact) mass is 230 g/mol. The second-order valence-electron chi connectivity index (χ2n) is 10.4. The van der Waals surface area contributed by atoms with E-state index in [0.717, 1.165) is 4.31 Å². The summed E-state index contributed by atoms with van der Waals surface area (Å²) < 4.78 is 0.749. The number of aliphatic hydroxyl groups is 1. The van der Waals surface area contributed by atoms with E-state index in [2.05, 4.69) is 6.92 Å². The molecule has 0 radical (unpaired) electrons. The number of rotatable bonds is 1. The van der Waals surface area contributed by atoms with Crippen molar-refractivity contribution in [2.24, 2.45) is 0 Å². The Hall–Kier alpha value is 0.479. The van der Waals surface area contributed by atoms with Crippen molar-refractivity contribution in [3.05, 3.63) is 0 Å². The zero-order chi connectivity index (χ0) is 8.59. The number of fused-ring (bicyclic) bond motifs is 10. The van der Waals surface area contributed by atoms with Crippen LogP contribution in [0, 0.1) is 0 Å². The van der Waals surface area contributed by atoms with Crippen molar-refractivity contribution in [3.8, 4) is 0 Å². The van der Waals surface area contributed by atoms with Gasteiger partial charge >= 0.3 is 72.3 Å². The molecule has 10 aliphatic rings. The van der Waals surface area contributed by atoms with Crippen LogP contribution < -0.4 is 0 Å². The van der Waals surface area contributed by atoms with Crippen molar-refractivity contribution < 1.29 is 11.6 Å². The molecule has 0 aromatic rings. The van der Waals surface area contributed by atoms with Crippen LogP contribution in [0.5, 0.6) is 0 Å². The molecule has 1 spiro atoms. The molecule has 10 aliphatic heterocycles. The molecule has 2 heteroatoms. The predicted octanol–water partition coefficient (Wildman–Crippen LogP) is 3.13. The van der Waals surface area contributed by atoms with Gasteiger partial charge in [0.2, 0.25) is 0 Å². The van der Waals surface area contributed by atoms with Gasteiger partial charge in [-0.2, -0.15) is 0 Å². The third-order valence-electron chi connectivity index (χ3n) is 15.4. The van der Waals surface area contributed by atoms with Crippen LogP contribution in [-0.2, 0) is 6.51 Å². The maximum absolute atomic E-state index is 10.4. The summed E-state index contributed by atoms with van der Waals surface area (Å²) in [6.07, 6.45) is 0.136. The van der Waals surface area contributed by atoms with Gasteiger partial charge in [-0.25, -0.2) is 0 Å². The molecule has 10 fully saturated rings. The third-order valence-corrected chi connectivity index (χ3v) is 58.2. The van der Waals surface area contributed by atoms with E-state index in [1.807, 2.05) is 0 Å². The van der Waals surface area contributed by atoms with Crippen molar-refractivity contribution >= 4 is 0 Å². The summed E-state index contributed by atoms with van der Waals surface area (Å²) >= 11 is 0. The first-order valence-corrected chi connectivity index (χ1v) is 12.7. The second kappa shape index (κ2) is 0.316. The van der Waals surface area contributed by atoms with Crippen LogP contribution >= 0.6 is 0 Å². The topological polar surface area (TPSA) is 20.2 Å². The quantitative estimate of drug-likeness (QED) is 0.686. The molecule has 0 amide bonds. The first-order chi connectivity index (χ1) is 6.49. The Morgan fingerprint density at radius 2 is 1.36 bits per heavy atom. The van der Waals surface area contributed by atoms with Crippen molar-refractivity contribution in [3.63, 3.8) is 0 Å². The summed E-state index contributed by atoms with van der Waals surface area (Å²) in [6.45, 7) is -0.658. The molecule has 14 heavy (non-hydrogen) atoms. The Bertz CT molecular complexity index is 800. The molecule has 0 saturated carbocycles. The SMILES string of the molecule is C[C@@H](O)[C]12[CH]3[CH]4[CH]5[CH]1[Fe]45321678[CH]2[CH]1[CH]6[CH]7[CH]28. The van der Waals surface area contributed by atoms with Crippen LogP contribution in [0.3, 0.4) is 0 Å². The molecule has 10 heterocycles.